The van der Waals surface area contributed by atoms with E-state index < -0.39 is 0 Å². The van der Waals surface area contributed by atoms with E-state index in [1.165, 1.54) is 16.5 Å². The molecule has 0 aliphatic carbocycles. The number of aromatic nitrogens is 1. The first-order chi connectivity index (χ1) is 10.3. The second-order valence-corrected chi connectivity index (χ2v) is 6.37. The van der Waals surface area contributed by atoms with Crippen LogP contribution in [0.25, 0.3) is 10.9 Å². The molecule has 1 atom stereocenters. The van der Waals surface area contributed by atoms with E-state index in [4.69, 9.17) is 4.98 Å². The average Bonchev–Trinajstić information content (AvgIpc) is 2.55. The highest BCUT2D eigenvalue weighted by atomic mass is 79.9. The molecule has 0 amide bonds. The van der Waals surface area contributed by atoms with Crippen LogP contribution in [0.5, 0.6) is 0 Å². The maximum absolute atomic E-state index is 4.74. The lowest BCUT2D eigenvalue weighted by Gasteiger charge is -2.11. The molecule has 0 aliphatic rings. The number of halogens is 1. The van der Waals surface area contributed by atoms with Gasteiger partial charge in [0.1, 0.15) is 0 Å². The molecule has 0 bridgehead atoms. The van der Waals surface area contributed by atoms with Gasteiger partial charge in [0.05, 0.1) is 5.52 Å². The third-order valence-corrected chi connectivity index (χ3v) is 4.65. The molecule has 0 radical (unpaired) electrons. The number of alkyl halides is 1. The van der Waals surface area contributed by atoms with Crippen molar-refractivity contribution in [2.75, 3.05) is 0 Å². The summed E-state index contributed by atoms with van der Waals surface area (Å²) in [6.45, 7) is 2.18. The predicted octanol–water partition coefficient (Wildman–Crippen LogP) is 5.48. The number of rotatable bonds is 4. The van der Waals surface area contributed by atoms with Crippen LogP contribution in [0.4, 0.5) is 0 Å². The summed E-state index contributed by atoms with van der Waals surface area (Å²) >= 11 is 3.79. The monoisotopic (exact) mass is 339 g/mol. The van der Waals surface area contributed by atoms with E-state index in [0.717, 1.165) is 24.1 Å². The van der Waals surface area contributed by atoms with Gasteiger partial charge in [-0.15, -0.1) is 0 Å². The molecule has 106 valence electrons. The molecule has 1 heterocycles. The molecule has 0 aliphatic heterocycles. The standard InChI is InChI=1S/C19H18BrN/c1-2-14-7-9-15(10-8-14)18(20)13-17-12-11-16-5-3-4-6-19(16)21-17/h3-12,18H,2,13H2,1H3. The molecule has 0 spiro atoms. The zero-order valence-electron chi connectivity index (χ0n) is 12.1. The molecule has 0 saturated heterocycles. The minimum atomic E-state index is 0.303. The normalized spacial score (nSPS) is 12.5. The van der Waals surface area contributed by atoms with Crippen LogP contribution in [0, 0.1) is 0 Å². The van der Waals surface area contributed by atoms with Crippen LogP contribution < -0.4 is 0 Å². The first kappa shape index (κ1) is 14.3. The fraction of sp³-hybridized carbons (Fsp3) is 0.211. The van der Waals surface area contributed by atoms with Crippen LogP contribution in [0.15, 0.2) is 60.7 Å². The third kappa shape index (κ3) is 3.33. The number of pyridine rings is 1. The van der Waals surface area contributed by atoms with E-state index in [9.17, 15) is 0 Å². The molecule has 0 fully saturated rings. The number of fused-ring (bicyclic) bond motifs is 1. The van der Waals surface area contributed by atoms with Crippen molar-refractivity contribution in [3.8, 4) is 0 Å². The minimum Gasteiger partial charge on any atom is -0.253 e. The Morgan fingerprint density at radius 1 is 0.952 bits per heavy atom. The Morgan fingerprint density at radius 3 is 2.48 bits per heavy atom. The Hall–Kier alpha value is -1.67. The highest BCUT2D eigenvalue weighted by molar-refractivity contribution is 9.09. The van der Waals surface area contributed by atoms with E-state index in [1.54, 1.807) is 0 Å². The number of hydrogen-bond acceptors (Lipinski definition) is 1. The molecule has 0 saturated carbocycles. The Bertz CT molecular complexity index is 734. The van der Waals surface area contributed by atoms with Gasteiger partial charge < -0.3 is 0 Å². The zero-order chi connectivity index (χ0) is 14.7. The van der Waals surface area contributed by atoms with Gasteiger partial charge in [0.2, 0.25) is 0 Å². The van der Waals surface area contributed by atoms with Gasteiger partial charge in [-0.3, -0.25) is 4.98 Å². The third-order valence-electron chi connectivity index (χ3n) is 3.79. The van der Waals surface area contributed by atoms with Crippen molar-refractivity contribution in [1.29, 1.82) is 0 Å². The molecule has 0 N–H and O–H groups in total. The lowest BCUT2D eigenvalue weighted by atomic mass is 10.0. The summed E-state index contributed by atoms with van der Waals surface area (Å²) in [4.78, 5) is 5.05. The van der Waals surface area contributed by atoms with E-state index in [2.05, 4.69) is 71.4 Å². The van der Waals surface area contributed by atoms with Gasteiger partial charge in [-0.1, -0.05) is 71.4 Å². The van der Waals surface area contributed by atoms with Gasteiger partial charge in [0, 0.05) is 22.3 Å². The summed E-state index contributed by atoms with van der Waals surface area (Å²) in [5.74, 6) is 0. The van der Waals surface area contributed by atoms with E-state index in [-0.39, 0.29) is 0 Å². The highest BCUT2D eigenvalue weighted by Gasteiger charge is 2.09. The number of benzene rings is 2. The summed E-state index contributed by atoms with van der Waals surface area (Å²) < 4.78 is 0. The van der Waals surface area contributed by atoms with Gasteiger partial charge in [-0.25, -0.2) is 0 Å². The summed E-state index contributed by atoms with van der Waals surface area (Å²) in [5.41, 5.74) is 4.87. The largest absolute Gasteiger partial charge is 0.253 e. The van der Waals surface area contributed by atoms with Gasteiger partial charge in [-0.05, 0) is 29.7 Å². The van der Waals surface area contributed by atoms with Crippen LogP contribution in [-0.2, 0) is 12.8 Å². The van der Waals surface area contributed by atoms with Gasteiger partial charge >= 0.3 is 0 Å². The molecular formula is C19H18BrN. The van der Waals surface area contributed by atoms with Crippen molar-refractivity contribution in [3.63, 3.8) is 0 Å². The molecule has 3 aromatic rings. The van der Waals surface area contributed by atoms with Gasteiger partial charge in [0.15, 0.2) is 0 Å². The van der Waals surface area contributed by atoms with E-state index >= 15 is 0 Å². The predicted molar refractivity (Wildman–Crippen MR) is 92.9 cm³/mol. The maximum Gasteiger partial charge on any atom is 0.0705 e. The minimum absolute atomic E-state index is 0.303. The zero-order valence-corrected chi connectivity index (χ0v) is 13.7. The fourth-order valence-corrected chi connectivity index (χ4v) is 3.12. The maximum atomic E-state index is 4.74. The molecule has 1 unspecified atom stereocenters. The van der Waals surface area contributed by atoms with E-state index in [0.29, 0.717) is 4.83 Å². The molecule has 2 heteroatoms. The molecule has 21 heavy (non-hydrogen) atoms. The fourth-order valence-electron chi connectivity index (χ4n) is 2.49. The lowest BCUT2D eigenvalue weighted by molar-refractivity contribution is 0.911. The summed E-state index contributed by atoms with van der Waals surface area (Å²) in [6, 6.07) is 21.3. The Kier molecular flexibility index (Phi) is 4.35. The Labute approximate surface area is 134 Å². The quantitative estimate of drug-likeness (QED) is 0.574. The second kappa shape index (κ2) is 6.40. The average molecular weight is 340 g/mol. The molecular weight excluding hydrogens is 322 g/mol. The number of aryl methyl sites for hydroxylation is 1. The van der Waals surface area contributed by atoms with Crippen LogP contribution in [-0.4, -0.2) is 4.98 Å². The molecule has 1 aromatic heterocycles. The van der Waals surface area contributed by atoms with Crippen molar-refractivity contribution < 1.29 is 0 Å². The second-order valence-electron chi connectivity index (χ2n) is 5.26. The van der Waals surface area contributed by atoms with Crippen molar-refractivity contribution >= 4 is 26.8 Å². The van der Waals surface area contributed by atoms with Crippen LogP contribution in [0.1, 0.15) is 28.6 Å². The summed E-state index contributed by atoms with van der Waals surface area (Å²) in [7, 11) is 0. The van der Waals surface area contributed by atoms with Crippen LogP contribution >= 0.6 is 15.9 Å². The number of para-hydroxylation sites is 1. The summed E-state index contributed by atoms with van der Waals surface area (Å²) in [5, 5.41) is 1.19. The van der Waals surface area contributed by atoms with Crippen molar-refractivity contribution in [1.82, 2.24) is 4.98 Å². The van der Waals surface area contributed by atoms with Gasteiger partial charge in [-0.2, -0.15) is 0 Å². The highest BCUT2D eigenvalue weighted by Crippen LogP contribution is 2.27. The van der Waals surface area contributed by atoms with Crippen LogP contribution in [0.3, 0.4) is 0 Å². The Balaban J connectivity index is 1.79. The first-order valence-corrected chi connectivity index (χ1v) is 8.25. The topological polar surface area (TPSA) is 12.9 Å². The lowest BCUT2D eigenvalue weighted by Crippen LogP contribution is -1.98. The smallest absolute Gasteiger partial charge is 0.0705 e. The van der Waals surface area contributed by atoms with Crippen molar-refractivity contribution in [3.05, 3.63) is 77.5 Å². The molecule has 1 nitrogen and oxygen atoms in total. The first-order valence-electron chi connectivity index (χ1n) is 7.34. The number of hydrogen-bond donors (Lipinski definition) is 0. The van der Waals surface area contributed by atoms with Gasteiger partial charge in [0.25, 0.3) is 0 Å². The van der Waals surface area contributed by atoms with Crippen LogP contribution in [0.2, 0.25) is 0 Å². The molecule has 3 rings (SSSR count). The van der Waals surface area contributed by atoms with Crippen molar-refractivity contribution in [2.24, 2.45) is 0 Å². The SMILES string of the molecule is CCc1ccc(C(Br)Cc2ccc3ccccc3n2)cc1. The number of nitrogens with zero attached hydrogens (tertiary/aromatic N) is 1. The molecule has 2 aromatic carbocycles. The summed E-state index contributed by atoms with van der Waals surface area (Å²) in [6.07, 6.45) is 1.98. The Morgan fingerprint density at radius 2 is 1.71 bits per heavy atom. The van der Waals surface area contributed by atoms with Crippen molar-refractivity contribution in [2.45, 2.75) is 24.6 Å². The van der Waals surface area contributed by atoms with E-state index in [1.807, 2.05) is 12.1 Å².